The normalized spacial score (nSPS) is 29.5. The summed E-state index contributed by atoms with van der Waals surface area (Å²) in [5.41, 5.74) is 0.388. The fourth-order valence-corrected chi connectivity index (χ4v) is 1.80. The van der Waals surface area contributed by atoms with E-state index in [0.29, 0.717) is 11.6 Å². The molecule has 1 N–H and O–H groups in total. The van der Waals surface area contributed by atoms with Crippen LogP contribution in [0.5, 0.6) is 0 Å². The summed E-state index contributed by atoms with van der Waals surface area (Å²) >= 11 is 0. The van der Waals surface area contributed by atoms with E-state index < -0.39 is 0 Å². The van der Waals surface area contributed by atoms with E-state index in [-0.39, 0.29) is 0 Å². The van der Waals surface area contributed by atoms with Gasteiger partial charge in [-0.25, -0.2) is 0 Å². The molecule has 1 rings (SSSR count). The maximum atomic E-state index is 3.54. The molecule has 82 valence electrons. The maximum absolute atomic E-state index is 3.54. The van der Waals surface area contributed by atoms with Crippen LogP contribution in [0.4, 0.5) is 0 Å². The monoisotopic (exact) mass is 187 g/mol. The van der Waals surface area contributed by atoms with Crippen LogP contribution in [0.1, 0.15) is 61.8 Å². The number of hydrogen-bond acceptors (Lipinski definition) is 1. The molecule has 1 aliphatic rings. The molecule has 0 aromatic carbocycles. The van der Waals surface area contributed by atoms with Crippen LogP contribution in [-0.2, 0) is 0 Å². The molecular weight excluding hydrogens is 158 g/mol. The number of nitrogens with one attached hydrogen (secondary N) is 1. The van der Waals surface area contributed by atoms with Gasteiger partial charge in [0.25, 0.3) is 0 Å². The summed E-state index contributed by atoms with van der Waals surface area (Å²) in [6.07, 6.45) is 1.31. The second kappa shape index (κ2) is 7.37. The number of hydrogen-bond donors (Lipinski definition) is 1. The van der Waals surface area contributed by atoms with Crippen molar-refractivity contribution in [3.63, 3.8) is 0 Å². The van der Waals surface area contributed by atoms with E-state index in [9.17, 15) is 0 Å². The van der Waals surface area contributed by atoms with Crippen molar-refractivity contribution in [3.05, 3.63) is 0 Å². The molecule has 1 heteroatoms. The van der Waals surface area contributed by atoms with E-state index in [1.54, 1.807) is 0 Å². The molecule has 0 saturated carbocycles. The van der Waals surface area contributed by atoms with Gasteiger partial charge in [-0.15, -0.1) is 0 Å². The third-order valence-corrected chi connectivity index (χ3v) is 2.30. The highest BCUT2D eigenvalue weighted by Gasteiger charge is 2.32. The molecule has 0 spiro atoms. The Kier molecular flexibility index (Phi) is 8.75. The molecule has 1 fully saturated rings. The molecule has 1 nitrogen and oxygen atoms in total. The van der Waals surface area contributed by atoms with Crippen LogP contribution < -0.4 is 5.32 Å². The zero-order valence-corrected chi connectivity index (χ0v) is 10.9. The van der Waals surface area contributed by atoms with Crippen LogP contribution in [0, 0.1) is 5.92 Å². The summed E-state index contributed by atoms with van der Waals surface area (Å²) in [6, 6.07) is 0.708. The number of rotatable bonds is 0. The SMILES string of the molecule is CC.CC.CC1CC(C)(C)NC1C. The zero-order valence-electron chi connectivity index (χ0n) is 10.9. The Morgan fingerprint density at radius 1 is 1.00 bits per heavy atom. The molecule has 0 aliphatic carbocycles. The van der Waals surface area contributed by atoms with Crippen molar-refractivity contribution in [2.75, 3.05) is 0 Å². The Hall–Kier alpha value is -0.0400. The molecular formula is C12H29N. The minimum Gasteiger partial charge on any atom is -0.309 e. The highest BCUT2D eigenvalue weighted by molar-refractivity contribution is 4.92. The van der Waals surface area contributed by atoms with E-state index in [0.717, 1.165) is 5.92 Å². The summed E-state index contributed by atoms with van der Waals surface area (Å²) in [7, 11) is 0. The summed E-state index contributed by atoms with van der Waals surface area (Å²) in [4.78, 5) is 0. The highest BCUT2D eigenvalue weighted by atomic mass is 15.0. The van der Waals surface area contributed by atoms with Crippen molar-refractivity contribution in [2.45, 2.75) is 73.4 Å². The highest BCUT2D eigenvalue weighted by Crippen LogP contribution is 2.26. The second-order valence-corrected chi connectivity index (χ2v) is 4.00. The molecule has 0 bridgehead atoms. The largest absolute Gasteiger partial charge is 0.309 e. The smallest absolute Gasteiger partial charge is 0.0130 e. The Morgan fingerprint density at radius 3 is 1.46 bits per heavy atom. The summed E-state index contributed by atoms with van der Waals surface area (Å²) in [6.45, 7) is 17.1. The van der Waals surface area contributed by atoms with Crippen LogP contribution in [-0.4, -0.2) is 11.6 Å². The predicted molar refractivity (Wildman–Crippen MR) is 63.2 cm³/mol. The van der Waals surface area contributed by atoms with Gasteiger partial charge in [-0.2, -0.15) is 0 Å². The lowest BCUT2D eigenvalue weighted by Gasteiger charge is -2.17. The van der Waals surface area contributed by atoms with Crippen LogP contribution in [0.15, 0.2) is 0 Å². The fourth-order valence-electron chi connectivity index (χ4n) is 1.80. The molecule has 13 heavy (non-hydrogen) atoms. The van der Waals surface area contributed by atoms with Crippen molar-refractivity contribution < 1.29 is 0 Å². The minimum absolute atomic E-state index is 0.388. The lowest BCUT2D eigenvalue weighted by atomic mass is 9.96. The first-order valence-electron chi connectivity index (χ1n) is 5.79. The summed E-state index contributed by atoms with van der Waals surface area (Å²) in [5.74, 6) is 0.847. The second-order valence-electron chi connectivity index (χ2n) is 4.00. The van der Waals surface area contributed by atoms with E-state index in [2.05, 4.69) is 33.0 Å². The molecule has 0 aromatic rings. The quantitative estimate of drug-likeness (QED) is 0.607. The summed E-state index contributed by atoms with van der Waals surface area (Å²) < 4.78 is 0. The zero-order chi connectivity index (χ0) is 11.1. The van der Waals surface area contributed by atoms with Gasteiger partial charge in [-0.1, -0.05) is 34.6 Å². The van der Waals surface area contributed by atoms with Gasteiger partial charge in [0.2, 0.25) is 0 Å². The third kappa shape index (κ3) is 6.09. The lowest BCUT2D eigenvalue weighted by Crippen LogP contribution is -2.36. The molecule has 0 amide bonds. The van der Waals surface area contributed by atoms with E-state index in [1.807, 2.05) is 27.7 Å². The fraction of sp³-hybridized carbons (Fsp3) is 1.00. The topological polar surface area (TPSA) is 12.0 Å². The molecule has 0 radical (unpaired) electrons. The van der Waals surface area contributed by atoms with Crippen LogP contribution in [0.3, 0.4) is 0 Å². The standard InChI is InChI=1S/C8H17N.2C2H6/c1-6-5-8(3,4)9-7(6)2;2*1-2/h6-7,9H,5H2,1-4H3;2*1-2H3. The van der Waals surface area contributed by atoms with Gasteiger partial charge in [0.05, 0.1) is 0 Å². The predicted octanol–water partition coefficient (Wildman–Crippen LogP) is 3.84. The third-order valence-electron chi connectivity index (χ3n) is 2.30. The molecule has 2 unspecified atom stereocenters. The van der Waals surface area contributed by atoms with Gasteiger partial charge in [0, 0.05) is 11.6 Å². The lowest BCUT2D eigenvalue weighted by molar-refractivity contribution is 0.437. The van der Waals surface area contributed by atoms with Crippen LogP contribution >= 0.6 is 0 Å². The van der Waals surface area contributed by atoms with Crippen molar-refractivity contribution in [1.29, 1.82) is 0 Å². The maximum Gasteiger partial charge on any atom is 0.0130 e. The van der Waals surface area contributed by atoms with Crippen molar-refractivity contribution >= 4 is 0 Å². The van der Waals surface area contributed by atoms with Crippen molar-refractivity contribution in [1.82, 2.24) is 5.32 Å². The molecule has 1 heterocycles. The van der Waals surface area contributed by atoms with Gasteiger partial charge in [0.1, 0.15) is 0 Å². The average molecular weight is 187 g/mol. The molecule has 1 saturated heterocycles. The first-order chi connectivity index (χ1) is 6.01. The van der Waals surface area contributed by atoms with E-state index >= 15 is 0 Å². The van der Waals surface area contributed by atoms with Crippen molar-refractivity contribution in [3.8, 4) is 0 Å². The van der Waals surface area contributed by atoms with Crippen LogP contribution in [0.25, 0.3) is 0 Å². The first-order valence-corrected chi connectivity index (χ1v) is 5.79. The Labute approximate surface area is 85.3 Å². The van der Waals surface area contributed by atoms with Crippen LogP contribution in [0.2, 0.25) is 0 Å². The van der Waals surface area contributed by atoms with Gasteiger partial charge >= 0.3 is 0 Å². The first kappa shape index (κ1) is 15.4. The molecule has 2 atom stereocenters. The Morgan fingerprint density at radius 2 is 1.38 bits per heavy atom. The van der Waals surface area contributed by atoms with Gasteiger partial charge < -0.3 is 5.32 Å². The van der Waals surface area contributed by atoms with Gasteiger partial charge in [-0.05, 0) is 33.1 Å². The van der Waals surface area contributed by atoms with Gasteiger partial charge in [0.15, 0.2) is 0 Å². The summed E-state index contributed by atoms with van der Waals surface area (Å²) in [5, 5.41) is 3.54. The molecule has 1 aliphatic heterocycles. The Bertz CT molecular complexity index is 95.7. The van der Waals surface area contributed by atoms with Crippen molar-refractivity contribution in [2.24, 2.45) is 5.92 Å². The van der Waals surface area contributed by atoms with E-state index in [4.69, 9.17) is 0 Å². The Balaban J connectivity index is 0. The minimum atomic E-state index is 0.388. The average Bonchev–Trinajstić information content (AvgIpc) is 2.32. The molecule has 0 aromatic heterocycles. The van der Waals surface area contributed by atoms with E-state index in [1.165, 1.54) is 6.42 Å². The van der Waals surface area contributed by atoms with Gasteiger partial charge in [-0.3, -0.25) is 0 Å².